The molecule has 0 bridgehead atoms. The summed E-state index contributed by atoms with van der Waals surface area (Å²) in [4.78, 5) is 30.9. The predicted molar refractivity (Wildman–Crippen MR) is 92.0 cm³/mol. The van der Waals surface area contributed by atoms with Crippen LogP contribution < -0.4 is 10.0 Å². The Morgan fingerprint density at radius 3 is 2.75 bits per heavy atom. The quantitative estimate of drug-likeness (QED) is 0.853. The minimum atomic E-state index is -4.10. The molecule has 0 saturated heterocycles. The zero-order chi connectivity index (χ0) is 17.5. The average molecular weight is 366 g/mol. The standard InChI is InChI=1S/C14H14N4O4S2/c1-3-11-16-9-6-8(4-5-10(9)23-11)18-24(21,22)12-7(2)15-14(20)17-13(12)19/h4-6,12,18H,3H2,1-2H3,(H,17,19,20). The van der Waals surface area contributed by atoms with E-state index in [0.29, 0.717) is 11.2 Å². The molecule has 1 aliphatic heterocycles. The second kappa shape index (κ2) is 5.95. The summed E-state index contributed by atoms with van der Waals surface area (Å²) in [6, 6.07) is 4.13. The molecule has 2 aromatic rings. The minimum Gasteiger partial charge on any atom is -0.282 e. The van der Waals surface area contributed by atoms with Crippen LogP contribution in [0.5, 0.6) is 0 Å². The van der Waals surface area contributed by atoms with Crippen molar-refractivity contribution < 1.29 is 18.0 Å². The van der Waals surface area contributed by atoms with Crippen molar-refractivity contribution in [2.45, 2.75) is 25.5 Å². The van der Waals surface area contributed by atoms with E-state index in [0.717, 1.165) is 16.1 Å². The molecule has 8 nitrogen and oxygen atoms in total. The number of aryl methyl sites for hydroxylation is 1. The lowest BCUT2D eigenvalue weighted by Gasteiger charge is -2.20. The number of nitrogens with one attached hydrogen (secondary N) is 2. The van der Waals surface area contributed by atoms with E-state index >= 15 is 0 Å². The molecule has 0 fully saturated rings. The molecule has 10 heteroatoms. The Morgan fingerprint density at radius 1 is 1.33 bits per heavy atom. The molecule has 1 aromatic carbocycles. The van der Waals surface area contributed by atoms with E-state index in [1.807, 2.05) is 12.2 Å². The maximum atomic E-state index is 12.5. The van der Waals surface area contributed by atoms with Gasteiger partial charge in [-0.3, -0.25) is 14.8 Å². The molecule has 3 rings (SSSR count). The van der Waals surface area contributed by atoms with E-state index in [-0.39, 0.29) is 5.71 Å². The number of hydrogen-bond acceptors (Lipinski definition) is 6. The number of carbonyl (C=O) groups excluding carboxylic acids is 2. The van der Waals surface area contributed by atoms with Crippen LogP contribution in [0.25, 0.3) is 10.2 Å². The number of nitrogens with zero attached hydrogens (tertiary/aromatic N) is 2. The number of imide groups is 1. The molecule has 24 heavy (non-hydrogen) atoms. The monoisotopic (exact) mass is 366 g/mol. The van der Waals surface area contributed by atoms with Crippen molar-refractivity contribution in [1.29, 1.82) is 0 Å². The summed E-state index contributed by atoms with van der Waals surface area (Å²) in [6.07, 6.45) is 0.798. The lowest BCUT2D eigenvalue weighted by molar-refractivity contribution is -0.118. The number of aromatic nitrogens is 1. The van der Waals surface area contributed by atoms with Gasteiger partial charge in [0.15, 0.2) is 5.25 Å². The molecule has 1 aromatic heterocycles. The fraction of sp³-hybridized carbons (Fsp3) is 0.286. The number of urea groups is 1. The number of fused-ring (bicyclic) bond motifs is 1. The third-order valence-corrected chi connectivity index (χ3v) is 6.31. The van der Waals surface area contributed by atoms with Crippen molar-refractivity contribution in [2.75, 3.05) is 4.72 Å². The van der Waals surface area contributed by atoms with E-state index in [1.54, 1.807) is 29.5 Å². The van der Waals surface area contributed by atoms with E-state index in [2.05, 4.69) is 14.7 Å². The van der Waals surface area contributed by atoms with Gasteiger partial charge in [-0.15, -0.1) is 11.3 Å². The first kappa shape index (κ1) is 16.5. The Bertz CT molecular complexity index is 978. The topological polar surface area (TPSA) is 118 Å². The number of anilines is 1. The zero-order valence-electron chi connectivity index (χ0n) is 12.9. The van der Waals surface area contributed by atoms with Gasteiger partial charge in [0, 0.05) is 0 Å². The molecule has 126 valence electrons. The number of hydrogen-bond donors (Lipinski definition) is 2. The van der Waals surface area contributed by atoms with Gasteiger partial charge in [-0.05, 0) is 31.5 Å². The Hall–Kier alpha value is -2.33. The van der Waals surface area contributed by atoms with Gasteiger partial charge in [0.05, 0.1) is 26.6 Å². The van der Waals surface area contributed by atoms with E-state index in [9.17, 15) is 18.0 Å². The molecule has 2 N–H and O–H groups in total. The van der Waals surface area contributed by atoms with Gasteiger partial charge >= 0.3 is 6.03 Å². The lowest BCUT2D eigenvalue weighted by atomic mass is 10.2. The smallest absolute Gasteiger partial charge is 0.282 e. The van der Waals surface area contributed by atoms with E-state index < -0.39 is 27.2 Å². The van der Waals surface area contributed by atoms with Gasteiger partial charge in [0.2, 0.25) is 10.0 Å². The lowest BCUT2D eigenvalue weighted by Crippen LogP contribution is -2.51. The predicted octanol–water partition coefficient (Wildman–Crippen LogP) is 1.68. The van der Waals surface area contributed by atoms with Crippen LogP contribution in [0, 0.1) is 0 Å². The maximum absolute atomic E-state index is 12.5. The average Bonchev–Trinajstić information content (AvgIpc) is 2.87. The maximum Gasteiger partial charge on any atom is 0.347 e. The summed E-state index contributed by atoms with van der Waals surface area (Å²) in [5.41, 5.74) is 0.915. The third kappa shape index (κ3) is 3.02. The number of carbonyl (C=O) groups is 2. The summed E-state index contributed by atoms with van der Waals surface area (Å²) in [5, 5.41) is 1.31. The molecule has 1 atom stereocenters. The summed E-state index contributed by atoms with van der Waals surface area (Å²) < 4.78 is 28.3. The number of aliphatic imine (C=N–C) groups is 1. The van der Waals surface area contributed by atoms with Gasteiger partial charge in [-0.2, -0.15) is 0 Å². The van der Waals surface area contributed by atoms with Crippen LogP contribution in [0.15, 0.2) is 23.2 Å². The van der Waals surface area contributed by atoms with E-state index in [4.69, 9.17) is 0 Å². The number of rotatable bonds is 4. The fourth-order valence-electron chi connectivity index (χ4n) is 2.39. The highest BCUT2D eigenvalue weighted by atomic mass is 32.2. The van der Waals surface area contributed by atoms with Crippen LogP contribution in [0.4, 0.5) is 10.5 Å². The molecule has 1 aliphatic rings. The summed E-state index contributed by atoms with van der Waals surface area (Å²) in [5.74, 6) is -0.914. The fourth-order valence-corrected chi connectivity index (χ4v) is 4.69. The number of benzene rings is 1. The van der Waals surface area contributed by atoms with Crippen molar-refractivity contribution in [2.24, 2.45) is 4.99 Å². The Balaban J connectivity index is 1.93. The summed E-state index contributed by atoms with van der Waals surface area (Å²) in [6.45, 7) is 3.32. The molecule has 0 spiro atoms. The Labute approximate surface area is 142 Å². The SMILES string of the molecule is CCc1nc2cc(NS(=O)(=O)C3C(=O)NC(=O)N=C3C)ccc2s1. The van der Waals surface area contributed by atoms with Crippen molar-refractivity contribution in [3.63, 3.8) is 0 Å². The first-order valence-corrected chi connectivity index (χ1v) is 9.47. The highest BCUT2D eigenvalue weighted by molar-refractivity contribution is 7.94. The number of sulfonamides is 1. The van der Waals surface area contributed by atoms with Crippen LogP contribution in [-0.2, 0) is 21.2 Å². The van der Waals surface area contributed by atoms with Crippen molar-refractivity contribution in [1.82, 2.24) is 10.3 Å². The van der Waals surface area contributed by atoms with Crippen molar-refractivity contribution in [3.8, 4) is 0 Å². The Morgan fingerprint density at radius 2 is 2.08 bits per heavy atom. The second-order valence-corrected chi connectivity index (χ2v) is 8.10. The molecule has 2 heterocycles. The minimum absolute atomic E-state index is 0.0701. The van der Waals surface area contributed by atoms with Gasteiger partial charge in [-0.1, -0.05) is 6.92 Å². The molecule has 1 unspecified atom stereocenters. The number of thiazole rings is 1. The van der Waals surface area contributed by atoms with Gasteiger partial charge in [-0.25, -0.2) is 23.2 Å². The normalized spacial score (nSPS) is 18.4. The van der Waals surface area contributed by atoms with Crippen LogP contribution in [0.3, 0.4) is 0 Å². The first-order chi connectivity index (χ1) is 11.3. The summed E-state index contributed by atoms with van der Waals surface area (Å²) >= 11 is 1.54. The zero-order valence-corrected chi connectivity index (χ0v) is 14.5. The first-order valence-electron chi connectivity index (χ1n) is 7.11. The van der Waals surface area contributed by atoms with Gasteiger partial charge < -0.3 is 0 Å². The highest BCUT2D eigenvalue weighted by Crippen LogP contribution is 2.26. The van der Waals surface area contributed by atoms with Crippen molar-refractivity contribution >= 4 is 54.9 Å². The second-order valence-electron chi connectivity index (χ2n) is 5.22. The molecule has 3 amide bonds. The van der Waals surface area contributed by atoms with Gasteiger partial charge in [0.25, 0.3) is 5.91 Å². The molecule has 0 saturated carbocycles. The van der Waals surface area contributed by atoms with Crippen molar-refractivity contribution in [3.05, 3.63) is 23.2 Å². The van der Waals surface area contributed by atoms with Crippen LogP contribution in [0.1, 0.15) is 18.9 Å². The van der Waals surface area contributed by atoms with Gasteiger partial charge in [0.1, 0.15) is 0 Å². The van der Waals surface area contributed by atoms with Crippen LogP contribution >= 0.6 is 11.3 Å². The third-order valence-electron chi connectivity index (χ3n) is 3.43. The molecule has 0 radical (unpaired) electrons. The number of amides is 3. The summed E-state index contributed by atoms with van der Waals surface area (Å²) in [7, 11) is -4.10. The molecule has 0 aliphatic carbocycles. The highest BCUT2D eigenvalue weighted by Gasteiger charge is 2.39. The van der Waals surface area contributed by atoms with E-state index in [1.165, 1.54) is 6.92 Å². The molecular formula is C14H14N4O4S2. The van der Waals surface area contributed by atoms with Crippen LogP contribution in [-0.4, -0.2) is 36.3 Å². The Kier molecular flexibility index (Phi) is 4.10. The molecular weight excluding hydrogens is 352 g/mol. The largest absolute Gasteiger partial charge is 0.347 e. The van der Waals surface area contributed by atoms with Crippen LogP contribution in [0.2, 0.25) is 0 Å².